The van der Waals surface area contributed by atoms with Gasteiger partial charge in [-0.2, -0.15) is 0 Å². The predicted octanol–water partition coefficient (Wildman–Crippen LogP) is 3.98. The first-order valence-electron chi connectivity index (χ1n) is 9.40. The highest BCUT2D eigenvalue weighted by atomic mass is 16.5. The molecular formula is C19H28O2. The number of hydrogen-bond donors (Lipinski definition) is 0. The van der Waals surface area contributed by atoms with Crippen molar-refractivity contribution >= 4 is 5.78 Å². The summed E-state index contributed by atoms with van der Waals surface area (Å²) in [5, 5.41) is 0. The minimum absolute atomic E-state index is 0.129. The second-order valence-electron chi connectivity index (χ2n) is 8.93. The lowest BCUT2D eigenvalue weighted by molar-refractivity contribution is -0.164. The monoisotopic (exact) mass is 288 g/mol. The van der Waals surface area contributed by atoms with Crippen molar-refractivity contribution in [3.63, 3.8) is 0 Å². The van der Waals surface area contributed by atoms with Crippen LogP contribution in [0, 0.1) is 35.5 Å². The zero-order valence-electron chi connectivity index (χ0n) is 13.1. The number of carbonyl (C=O) groups is 1. The van der Waals surface area contributed by atoms with E-state index in [1.807, 2.05) is 0 Å². The molecule has 0 aromatic heterocycles. The molecule has 0 aromatic carbocycles. The molecular weight excluding hydrogens is 260 g/mol. The van der Waals surface area contributed by atoms with Crippen LogP contribution in [-0.4, -0.2) is 18.0 Å². The fraction of sp³-hybridized carbons (Fsp3) is 0.947. The Morgan fingerprint density at radius 2 is 1.62 bits per heavy atom. The van der Waals surface area contributed by atoms with Crippen LogP contribution in [0.15, 0.2) is 0 Å². The van der Waals surface area contributed by atoms with Crippen LogP contribution >= 0.6 is 0 Å². The summed E-state index contributed by atoms with van der Waals surface area (Å²) in [6.45, 7) is 0.837. The van der Waals surface area contributed by atoms with Gasteiger partial charge in [0, 0.05) is 18.4 Å². The van der Waals surface area contributed by atoms with Gasteiger partial charge in [0.2, 0.25) is 0 Å². The molecule has 0 N–H and O–H groups in total. The summed E-state index contributed by atoms with van der Waals surface area (Å²) in [4.78, 5) is 13.3. The van der Waals surface area contributed by atoms with Crippen molar-refractivity contribution in [1.29, 1.82) is 0 Å². The van der Waals surface area contributed by atoms with Gasteiger partial charge in [0.1, 0.15) is 5.78 Å². The van der Waals surface area contributed by atoms with Crippen molar-refractivity contribution in [2.45, 2.75) is 69.8 Å². The molecule has 5 aliphatic carbocycles. The van der Waals surface area contributed by atoms with Crippen LogP contribution in [0.1, 0.15) is 64.2 Å². The summed E-state index contributed by atoms with van der Waals surface area (Å²) >= 11 is 0. The molecule has 2 heteroatoms. The Balaban J connectivity index is 1.34. The molecule has 4 bridgehead atoms. The first kappa shape index (κ1) is 13.1. The summed E-state index contributed by atoms with van der Waals surface area (Å²) in [6.07, 6.45) is 12.7. The molecule has 5 saturated carbocycles. The van der Waals surface area contributed by atoms with E-state index in [1.165, 1.54) is 51.4 Å². The largest absolute Gasteiger partial charge is 0.375 e. The van der Waals surface area contributed by atoms with Crippen LogP contribution in [0.25, 0.3) is 0 Å². The van der Waals surface area contributed by atoms with Crippen molar-refractivity contribution in [3.8, 4) is 0 Å². The third-order valence-electron chi connectivity index (χ3n) is 7.72. The van der Waals surface area contributed by atoms with E-state index in [0.717, 1.165) is 43.1 Å². The molecule has 1 saturated heterocycles. The molecule has 0 amide bonds. The zero-order valence-corrected chi connectivity index (χ0v) is 13.1. The van der Waals surface area contributed by atoms with E-state index in [0.29, 0.717) is 17.6 Å². The molecule has 1 aliphatic heterocycles. The van der Waals surface area contributed by atoms with Crippen molar-refractivity contribution < 1.29 is 9.53 Å². The highest BCUT2D eigenvalue weighted by Gasteiger charge is 2.53. The Kier molecular flexibility index (Phi) is 2.85. The maximum absolute atomic E-state index is 13.3. The summed E-state index contributed by atoms with van der Waals surface area (Å²) < 4.78 is 6.04. The van der Waals surface area contributed by atoms with Crippen LogP contribution in [-0.2, 0) is 9.53 Å². The van der Waals surface area contributed by atoms with Crippen LogP contribution in [0.4, 0.5) is 0 Å². The third kappa shape index (κ3) is 1.97. The van der Waals surface area contributed by atoms with Gasteiger partial charge in [0.25, 0.3) is 0 Å². The number of ether oxygens (including phenoxy) is 1. The van der Waals surface area contributed by atoms with E-state index in [2.05, 4.69) is 0 Å². The Labute approximate surface area is 128 Å². The van der Waals surface area contributed by atoms with Crippen LogP contribution < -0.4 is 0 Å². The first-order valence-corrected chi connectivity index (χ1v) is 9.40. The zero-order chi connectivity index (χ0) is 14.0. The maximum Gasteiger partial charge on any atom is 0.139 e. The van der Waals surface area contributed by atoms with E-state index in [4.69, 9.17) is 4.74 Å². The number of hydrogen-bond acceptors (Lipinski definition) is 2. The maximum atomic E-state index is 13.3. The van der Waals surface area contributed by atoms with Crippen LogP contribution in [0.5, 0.6) is 0 Å². The number of ketones is 1. The van der Waals surface area contributed by atoms with Gasteiger partial charge in [-0.15, -0.1) is 0 Å². The highest BCUT2D eigenvalue weighted by molar-refractivity contribution is 5.84. The van der Waals surface area contributed by atoms with Gasteiger partial charge in [-0.1, -0.05) is 0 Å². The quantitative estimate of drug-likeness (QED) is 0.768. The fourth-order valence-electron chi connectivity index (χ4n) is 6.85. The van der Waals surface area contributed by atoms with Crippen molar-refractivity contribution in [3.05, 3.63) is 0 Å². The lowest BCUT2D eigenvalue weighted by Crippen LogP contribution is -2.52. The molecule has 1 spiro atoms. The standard InChI is InChI=1S/C19H28O2/c20-18(14-2-5-21-19(11-14)3-1-4-19)17-15-7-12-6-13(9-15)10-16(17)8-12/h12-17H,1-11H2. The lowest BCUT2D eigenvalue weighted by atomic mass is 9.50. The van der Waals surface area contributed by atoms with Gasteiger partial charge in [-0.3, -0.25) is 4.79 Å². The average Bonchev–Trinajstić information content (AvgIpc) is 2.44. The van der Waals surface area contributed by atoms with E-state index in [1.54, 1.807) is 0 Å². The second-order valence-corrected chi connectivity index (χ2v) is 8.93. The molecule has 21 heavy (non-hydrogen) atoms. The van der Waals surface area contributed by atoms with Crippen molar-refractivity contribution in [2.24, 2.45) is 35.5 Å². The van der Waals surface area contributed by atoms with Gasteiger partial charge < -0.3 is 4.74 Å². The average molecular weight is 288 g/mol. The fourth-order valence-corrected chi connectivity index (χ4v) is 6.85. The minimum Gasteiger partial charge on any atom is -0.375 e. The molecule has 0 aromatic rings. The van der Waals surface area contributed by atoms with Crippen molar-refractivity contribution in [1.82, 2.24) is 0 Å². The topological polar surface area (TPSA) is 26.3 Å². The Bertz CT molecular complexity index is 422. The number of rotatable bonds is 2. The van der Waals surface area contributed by atoms with Gasteiger partial charge in [-0.05, 0) is 87.9 Å². The molecule has 1 atom stereocenters. The Hall–Kier alpha value is -0.370. The Morgan fingerprint density at radius 3 is 2.19 bits per heavy atom. The lowest BCUT2D eigenvalue weighted by Gasteiger charge is -2.55. The van der Waals surface area contributed by atoms with Crippen molar-refractivity contribution in [2.75, 3.05) is 6.61 Å². The molecule has 6 rings (SSSR count). The second kappa shape index (κ2) is 4.57. The summed E-state index contributed by atoms with van der Waals surface area (Å²) in [6, 6.07) is 0. The molecule has 1 heterocycles. The molecule has 2 nitrogen and oxygen atoms in total. The van der Waals surface area contributed by atoms with E-state index < -0.39 is 0 Å². The first-order chi connectivity index (χ1) is 10.2. The van der Waals surface area contributed by atoms with E-state index in [9.17, 15) is 4.79 Å². The van der Waals surface area contributed by atoms with E-state index in [-0.39, 0.29) is 5.60 Å². The normalized spacial score (nSPS) is 50.1. The SMILES string of the molecule is O=C(C1CCOC2(CCC2)C1)C1C2CC3CC(C2)CC1C3. The molecule has 6 fully saturated rings. The third-order valence-corrected chi connectivity index (χ3v) is 7.72. The van der Waals surface area contributed by atoms with E-state index >= 15 is 0 Å². The predicted molar refractivity (Wildman–Crippen MR) is 80.8 cm³/mol. The molecule has 0 radical (unpaired) electrons. The molecule has 116 valence electrons. The van der Waals surface area contributed by atoms with Gasteiger partial charge in [0.05, 0.1) is 5.60 Å². The minimum atomic E-state index is 0.129. The van der Waals surface area contributed by atoms with Crippen LogP contribution in [0.2, 0.25) is 0 Å². The highest BCUT2D eigenvalue weighted by Crippen LogP contribution is 2.58. The number of Topliss-reactive ketones (excluding diaryl/α,β-unsaturated/α-hetero) is 1. The summed E-state index contributed by atoms with van der Waals surface area (Å²) in [5.41, 5.74) is 0.129. The summed E-state index contributed by atoms with van der Waals surface area (Å²) in [7, 11) is 0. The summed E-state index contributed by atoms with van der Waals surface area (Å²) in [5.74, 6) is 4.91. The molecule has 6 aliphatic rings. The smallest absolute Gasteiger partial charge is 0.139 e. The van der Waals surface area contributed by atoms with Gasteiger partial charge in [-0.25, -0.2) is 0 Å². The van der Waals surface area contributed by atoms with Gasteiger partial charge in [0.15, 0.2) is 0 Å². The van der Waals surface area contributed by atoms with Gasteiger partial charge >= 0.3 is 0 Å². The molecule has 1 unspecified atom stereocenters. The van der Waals surface area contributed by atoms with Crippen LogP contribution in [0.3, 0.4) is 0 Å². The Morgan fingerprint density at radius 1 is 0.952 bits per heavy atom. The number of carbonyl (C=O) groups excluding carboxylic acids is 1.